The van der Waals surface area contributed by atoms with Crippen LogP contribution in [-0.4, -0.2) is 53.5 Å². The molecule has 0 unspecified atom stereocenters. The fourth-order valence-electron chi connectivity index (χ4n) is 3.70. The van der Waals surface area contributed by atoms with Gasteiger partial charge in [-0.15, -0.1) is 0 Å². The highest BCUT2D eigenvalue weighted by atomic mass is 16.6. The van der Waals surface area contributed by atoms with Crippen molar-refractivity contribution in [2.24, 2.45) is 0 Å². The lowest BCUT2D eigenvalue weighted by Gasteiger charge is -2.34. The lowest BCUT2D eigenvalue weighted by molar-refractivity contribution is -0.0383. The van der Waals surface area contributed by atoms with Gasteiger partial charge in [0.2, 0.25) is 0 Å². The molecule has 0 saturated heterocycles. The van der Waals surface area contributed by atoms with E-state index in [1.807, 2.05) is 0 Å². The fourth-order valence-corrected chi connectivity index (χ4v) is 3.70. The van der Waals surface area contributed by atoms with Gasteiger partial charge in [0.25, 0.3) is 0 Å². The molecule has 36 heavy (non-hydrogen) atoms. The number of benzene rings is 1. The smallest absolute Gasteiger partial charge is 0.339 e. The molecule has 0 aliphatic carbocycles. The van der Waals surface area contributed by atoms with Gasteiger partial charge in [0.05, 0.1) is 16.7 Å². The van der Waals surface area contributed by atoms with Crippen LogP contribution in [0.25, 0.3) is 0 Å². The molecule has 0 heterocycles. The van der Waals surface area contributed by atoms with Crippen molar-refractivity contribution in [2.45, 2.75) is 57.0 Å². The second kappa shape index (κ2) is 16.4. The number of carboxylic acid groups (broad SMARTS) is 2. The highest BCUT2D eigenvalue weighted by Gasteiger charge is 2.35. The monoisotopic (exact) mass is 498 g/mol. The van der Waals surface area contributed by atoms with Crippen LogP contribution in [-0.2, 0) is 18.9 Å². The van der Waals surface area contributed by atoms with Crippen molar-refractivity contribution in [1.82, 2.24) is 0 Å². The summed E-state index contributed by atoms with van der Waals surface area (Å²) in [6.07, 6.45) is 25.9. The third kappa shape index (κ3) is 10.3. The van der Waals surface area contributed by atoms with Crippen LogP contribution in [0.3, 0.4) is 0 Å². The highest BCUT2D eigenvalue weighted by molar-refractivity contribution is 6.04. The summed E-state index contributed by atoms with van der Waals surface area (Å²) in [7, 11) is 0. The van der Waals surface area contributed by atoms with Crippen LogP contribution in [0.2, 0.25) is 0 Å². The van der Waals surface area contributed by atoms with Crippen LogP contribution in [0.4, 0.5) is 0 Å². The van der Waals surface area contributed by atoms with Crippen LogP contribution >= 0.6 is 0 Å². The zero-order valence-corrected chi connectivity index (χ0v) is 20.0. The number of carbonyl (C=O) groups is 3. The summed E-state index contributed by atoms with van der Waals surface area (Å²) in [6.45, 7) is 0.900. The first-order chi connectivity index (χ1) is 17.3. The molecule has 0 fully saturated rings. The second-order valence-electron chi connectivity index (χ2n) is 7.86. The van der Waals surface area contributed by atoms with Gasteiger partial charge in [-0.1, -0.05) is 19.3 Å². The van der Waals surface area contributed by atoms with E-state index in [-0.39, 0.29) is 17.7 Å². The van der Waals surface area contributed by atoms with E-state index in [4.69, 9.17) is 38.2 Å². The molecule has 2 N–H and O–H groups in total. The number of ether oxygens (including phenoxy) is 4. The van der Waals surface area contributed by atoms with E-state index in [0.29, 0.717) is 64.6 Å². The normalized spacial score (nSPS) is 10.2. The van der Waals surface area contributed by atoms with Gasteiger partial charge < -0.3 is 29.2 Å². The largest absolute Gasteiger partial charge is 0.478 e. The van der Waals surface area contributed by atoms with E-state index in [2.05, 4.69) is 18.3 Å². The molecule has 0 aliphatic rings. The summed E-state index contributed by atoms with van der Waals surface area (Å²) in [5, 5.41) is 18.8. The lowest BCUT2D eigenvalue weighted by Crippen LogP contribution is -2.36. The predicted molar refractivity (Wildman–Crippen MR) is 130 cm³/mol. The third-order valence-electron chi connectivity index (χ3n) is 5.41. The van der Waals surface area contributed by atoms with Gasteiger partial charge >= 0.3 is 17.9 Å². The Morgan fingerprint density at radius 1 is 0.722 bits per heavy atom. The van der Waals surface area contributed by atoms with E-state index < -0.39 is 29.1 Å². The number of hydrogen-bond acceptors (Lipinski definition) is 7. The predicted octanol–water partition coefficient (Wildman–Crippen LogP) is 3.92. The number of unbranched alkanes of at least 4 members (excludes halogenated alkanes) is 2. The summed E-state index contributed by atoms with van der Waals surface area (Å²) in [5.74, 6) is -3.64. The maximum atomic E-state index is 13.2. The van der Waals surface area contributed by atoms with Crippen molar-refractivity contribution < 1.29 is 43.5 Å². The number of carboxylic acids is 2. The highest BCUT2D eigenvalue weighted by Crippen LogP contribution is 2.33. The Hall–Kier alpha value is -4.29. The average molecular weight is 499 g/mol. The van der Waals surface area contributed by atoms with Crippen LogP contribution < -0.4 is 0 Å². The molecular formula is C27H30O9. The Balaban J connectivity index is 3.22. The molecule has 9 nitrogen and oxygen atoms in total. The second-order valence-corrected chi connectivity index (χ2v) is 7.86. The van der Waals surface area contributed by atoms with Crippen molar-refractivity contribution in [1.29, 1.82) is 0 Å². The Labute approximate surface area is 211 Å². The molecule has 0 radical (unpaired) electrons. The van der Waals surface area contributed by atoms with Gasteiger partial charge in [0.1, 0.15) is 43.7 Å². The van der Waals surface area contributed by atoms with Crippen molar-refractivity contribution >= 4 is 17.9 Å². The Morgan fingerprint density at radius 3 is 1.69 bits per heavy atom. The number of terminal acetylenes is 3. The SMILES string of the molecule is C#COCCCCC(CCCCOC#C)(CCCOC#C)OC(=O)c1ccc(C(=O)O)cc1C(=O)O. The first-order valence-corrected chi connectivity index (χ1v) is 11.4. The maximum Gasteiger partial charge on any atom is 0.339 e. The molecule has 0 atom stereocenters. The topological polar surface area (TPSA) is 129 Å². The van der Waals surface area contributed by atoms with Crippen molar-refractivity contribution in [2.75, 3.05) is 19.8 Å². The number of esters is 1. The van der Waals surface area contributed by atoms with Gasteiger partial charge in [-0.2, -0.15) is 0 Å². The fraction of sp³-hybridized carbons (Fsp3) is 0.444. The Bertz CT molecular complexity index is 984. The summed E-state index contributed by atoms with van der Waals surface area (Å²) in [5.41, 5.74) is -1.95. The van der Waals surface area contributed by atoms with Gasteiger partial charge in [0, 0.05) is 0 Å². The molecular weight excluding hydrogens is 468 g/mol. The standard InChI is InChI=1S/C27H30O9/c1-4-33-17-9-7-14-27(16-11-19-35-6-3,15-8-10-18-34-5-2)36-26(32)22-13-12-21(24(28)29)20-23(22)25(30)31/h1-3,12-13,20H,7-11,14-19H2,(H,28,29)(H,30,31). The molecule has 0 spiro atoms. The minimum Gasteiger partial charge on any atom is -0.478 e. The summed E-state index contributed by atoms with van der Waals surface area (Å²) in [4.78, 5) is 36.3. The van der Waals surface area contributed by atoms with Crippen LogP contribution in [0.15, 0.2) is 18.2 Å². The minimum absolute atomic E-state index is 0.240. The molecule has 0 amide bonds. The zero-order chi connectivity index (χ0) is 26.8. The number of carbonyl (C=O) groups excluding carboxylic acids is 1. The number of hydrogen-bond donors (Lipinski definition) is 2. The van der Waals surface area contributed by atoms with Crippen LogP contribution in [0.5, 0.6) is 0 Å². The molecule has 1 rings (SSSR count). The minimum atomic E-state index is -1.45. The van der Waals surface area contributed by atoms with E-state index >= 15 is 0 Å². The zero-order valence-electron chi connectivity index (χ0n) is 20.0. The van der Waals surface area contributed by atoms with E-state index in [9.17, 15) is 24.6 Å². The van der Waals surface area contributed by atoms with Crippen LogP contribution in [0.1, 0.15) is 82.4 Å². The van der Waals surface area contributed by atoms with Gasteiger partial charge in [-0.3, -0.25) is 0 Å². The molecule has 0 saturated carbocycles. The summed E-state index contributed by atoms with van der Waals surface area (Å²) >= 11 is 0. The van der Waals surface area contributed by atoms with Gasteiger partial charge in [-0.05, 0) is 69.6 Å². The molecule has 192 valence electrons. The first kappa shape index (κ1) is 29.7. The molecule has 9 heteroatoms. The summed E-state index contributed by atoms with van der Waals surface area (Å²) < 4.78 is 20.9. The lowest BCUT2D eigenvalue weighted by atomic mass is 9.86. The molecule has 0 bridgehead atoms. The average Bonchev–Trinajstić information content (AvgIpc) is 2.86. The molecule has 0 aliphatic heterocycles. The van der Waals surface area contributed by atoms with Crippen molar-refractivity contribution in [3.63, 3.8) is 0 Å². The third-order valence-corrected chi connectivity index (χ3v) is 5.41. The van der Waals surface area contributed by atoms with Crippen LogP contribution in [0, 0.1) is 37.6 Å². The van der Waals surface area contributed by atoms with E-state index in [1.165, 1.54) is 0 Å². The molecule has 1 aromatic rings. The quantitative estimate of drug-likeness (QED) is 0.176. The van der Waals surface area contributed by atoms with Crippen molar-refractivity contribution in [3.05, 3.63) is 34.9 Å². The molecule has 1 aromatic carbocycles. The maximum absolute atomic E-state index is 13.2. The number of rotatable bonds is 18. The van der Waals surface area contributed by atoms with E-state index in [1.54, 1.807) is 0 Å². The first-order valence-electron chi connectivity index (χ1n) is 11.4. The van der Waals surface area contributed by atoms with E-state index in [0.717, 1.165) is 18.2 Å². The summed E-state index contributed by atoms with van der Waals surface area (Å²) in [6, 6.07) is 3.23. The van der Waals surface area contributed by atoms with Gasteiger partial charge in [-0.25, -0.2) is 14.4 Å². The Morgan fingerprint density at radius 2 is 1.22 bits per heavy atom. The van der Waals surface area contributed by atoms with Crippen molar-refractivity contribution in [3.8, 4) is 37.6 Å². The van der Waals surface area contributed by atoms with Gasteiger partial charge in [0.15, 0.2) is 0 Å². The molecule has 0 aromatic heterocycles. The number of aromatic carboxylic acids is 2. The Kier molecular flexibility index (Phi) is 13.5.